The third-order valence-electron chi connectivity index (χ3n) is 6.00. The van der Waals surface area contributed by atoms with E-state index in [0.29, 0.717) is 34.4 Å². The van der Waals surface area contributed by atoms with Crippen LogP contribution in [0.5, 0.6) is 11.5 Å². The van der Waals surface area contributed by atoms with Crippen LogP contribution in [0, 0.1) is 0 Å². The minimum atomic E-state index is -0.211. The second-order valence-corrected chi connectivity index (χ2v) is 8.67. The first-order valence-electron chi connectivity index (χ1n) is 11.5. The van der Waals surface area contributed by atoms with Crippen molar-refractivity contribution in [2.24, 2.45) is 0 Å². The van der Waals surface area contributed by atoms with Crippen LogP contribution in [0.15, 0.2) is 60.7 Å². The summed E-state index contributed by atoms with van der Waals surface area (Å²) in [6, 6.07) is 18.8. The zero-order valence-corrected chi connectivity index (χ0v) is 20.3. The molecule has 0 bridgehead atoms. The standard InChI is InChI=1S/C27H30ClN3O3/c1-29-24-17-20(19-5-8-21(28)9-6-19)7-11-23(24)27(32)30-22-10-12-25(26(18-22)33-2)34-16-15-31-13-3-4-14-31/h5-12,17-18,29H,3-4,13-16H2,1-2H3,(H,30,32). The summed E-state index contributed by atoms with van der Waals surface area (Å²) in [6.07, 6.45) is 2.52. The molecule has 1 saturated heterocycles. The highest BCUT2D eigenvalue weighted by Crippen LogP contribution is 2.31. The second kappa shape index (κ2) is 11.3. The summed E-state index contributed by atoms with van der Waals surface area (Å²) in [4.78, 5) is 15.4. The van der Waals surface area contributed by atoms with Gasteiger partial charge >= 0.3 is 0 Å². The number of carbonyl (C=O) groups excluding carboxylic acids is 1. The first-order valence-corrected chi connectivity index (χ1v) is 11.9. The van der Waals surface area contributed by atoms with E-state index in [1.165, 1.54) is 12.8 Å². The lowest BCUT2D eigenvalue weighted by Crippen LogP contribution is -2.25. The highest BCUT2D eigenvalue weighted by Gasteiger charge is 2.15. The van der Waals surface area contributed by atoms with Crippen LogP contribution >= 0.6 is 11.6 Å². The summed E-state index contributed by atoms with van der Waals surface area (Å²) in [5.41, 5.74) is 3.94. The van der Waals surface area contributed by atoms with Crippen LogP contribution in [0.3, 0.4) is 0 Å². The Kier molecular flexibility index (Phi) is 7.93. The van der Waals surface area contributed by atoms with E-state index in [1.54, 1.807) is 20.2 Å². The number of likely N-dealkylation sites (tertiary alicyclic amines) is 1. The molecule has 0 unspecified atom stereocenters. The first kappa shape index (κ1) is 23.9. The van der Waals surface area contributed by atoms with Gasteiger partial charge in [0.15, 0.2) is 11.5 Å². The molecule has 4 rings (SSSR count). The minimum absolute atomic E-state index is 0.211. The molecule has 1 aliphatic heterocycles. The number of hydrogen-bond donors (Lipinski definition) is 2. The highest BCUT2D eigenvalue weighted by molar-refractivity contribution is 6.30. The Morgan fingerprint density at radius 1 is 0.971 bits per heavy atom. The average Bonchev–Trinajstić information content (AvgIpc) is 3.38. The minimum Gasteiger partial charge on any atom is -0.493 e. The van der Waals surface area contributed by atoms with Crippen LogP contribution in [0.2, 0.25) is 5.02 Å². The predicted octanol–water partition coefficient (Wildman–Crippen LogP) is 5.78. The maximum absolute atomic E-state index is 13.0. The fourth-order valence-electron chi connectivity index (χ4n) is 4.12. The molecule has 2 N–H and O–H groups in total. The molecule has 6 nitrogen and oxygen atoms in total. The van der Waals surface area contributed by atoms with Gasteiger partial charge in [0.2, 0.25) is 0 Å². The Labute approximate surface area is 205 Å². The maximum Gasteiger partial charge on any atom is 0.257 e. The molecular weight excluding hydrogens is 450 g/mol. The van der Waals surface area contributed by atoms with E-state index >= 15 is 0 Å². The van der Waals surface area contributed by atoms with Crippen LogP contribution in [0.25, 0.3) is 11.1 Å². The number of carbonyl (C=O) groups is 1. The fraction of sp³-hybridized carbons (Fsp3) is 0.296. The first-order chi connectivity index (χ1) is 16.6. The van der Waals surface area contributed by atoms with Crippen LogP contribution in [0.4, 0.5) is 11.4 Å². The zero-order chi connectivity index (χ0) is 23.9. The lowest BCUT2D eigenvalue weighted by molar-refractivity contribution is 0.102. The molecule has 34 heavy (non-hydrogen) atoms. The lowest BCUT2D eigenvalue weighted by Gasteiger charge is -2.17. The number of amides is 1. The van der Waals surface area contributed by atoms with Gasteiger partial charge in [0.25, 0.3) is 5.91 Å². The van der Waals surface area contributed by atoms with Crippen molar-refractivity contribution in [3.63, 3.8) is 0 Å². The zero-order valence-electron chi connectivity index (χ0n) is 19.6. The van der Waals surface area contributed by atoms with E-state index < -0.39 is 0 Å². The topological polar surface area (TPSA) is 62.8 Å². The van der Waals surface area contributed by atoms with E-state index in [-0.39, 0.29) is 5.91 Å². The van der Waals surface area contributed by atoms with Gasteiger partial charge in [-0.05, 0) is 73.5 Å². The number of hydrogen-bond acceptors (Lipinski definition) is 5. The monoisotopic (exact) mass is 479 g/mol. The van der Waals surface area contributed by atoms with Crippen molar-refractivity contribution in [2.75, 3.05) is 51.0 Å². The van der Waals surface area contributed by atoms with Crippen LogP contribution in [-0.4, -0.2) is 51.2 Å². The predicted molar refractivity (Wildman–Crippen MR) is 139 cm³/mol. The summed E-state index contributed by atoms with van der Waals surface area (Å²) in [7, 11) is 3.40. The van der Waals surface area contributed by atoms with Crippen LogP contribution in [0.1, 0.15) is 23.2 Å². The summed E-state index contributed by atoms with van der Waals surface area (Å²) in [6.45, 7) is 3.79. The Hall–Kier alpha value is -3.22. The van der Waals surface area contributed by atoms with Crippen molar-refractivity contribution >= 4 is 28.9 Å². The highest BCUT2D eigenvalue weighted by atomic mass is 35.5. The van der Waals surface area contributed by atoms with Gasteiger partial charge in [0.1, 0.15) is 6.61 Å². The Balaban J connectivity index is 1.44. The van der Waals surface area contributed by atoms with Crippen molar-refractivity contribution in [1.29, 1.82) is 0 Å². The quantitative estimate of drug-likeness (QED) is 0.407. The third-order valence-corrected chi connectivity index (χ3v) is 6.25. The van der Waals surface area contributed by atoms with Crippen LogP contribution < -0.4 is 20.1 Å². The third kappa shape index (κ3) is 5.82. The molecule has 0 aromatic heterocycles. The van der Waals surface area contributed by atoms with Gasteiger partial charge in [-0.25, -0.2) is 0 Å². The number of rotatable bonds is 9. The maximum atomic E-state index is 13.0. The molecule has 1 heterocycles. The molecule has 0 aliphatic carbocycles. The summed E-state index contributed by atoms with van der Waals surface area (Å²) < 4.78 is 11.4. The number of methoxy groups -OCH3 is 1. The van der Waals surface area contributed by atoms with E-state index in [2.05, 4.69) is 15.5 Å². The van der Waals surface area contributed by atoms with Crippen molar-refractivity contribution < 1.29 is 14.3 Å². The van der Waals surface area contributed by atoms with Gasteiger partial charge in [-0.2, -0.15) is 0 Å². The second-order valence-electron chi connectivity index (χ2n) is 8.23. The van der Waals surface area contributed by atoms with Crippen molar-refractivity contribution in [1.82, 2.24) is 4.90 Å². The number of nitrogens with zero attached hydrogens (tertiary/aromatic N) is 1. The van der Waals surface area contributed by atoms with Gasteiger partial charge < -0.3 is 20.1 Å². The van der Waals surface area contributed by atoms with Crippen molar-refractivity contribution in [2.45, 2.75) is 12.8 Å². The van der Waals surface area contributed by atoms with E-state index in [9.17, 15) is 4.79 Å². The molecule has 0 saturated carbocycles. The number of nitrogens with one attached hydrogen (secondary N) is 2. The molecule has 3 aromatic rings. The lowest BCUT2D eigenvalue weighted by atomic mass is 10.0. The van der Waals surface area contributed by atoms with Crippen molar-refractivity contribution in [3.05, 3.63) is 71.2 Å². The Morgan fingerprint density at radius 3 is 2.41 bits per heavy atom. The molecule has 0 radical (unpaired) electrons. The molecule has 1 aliphatic rings. The van der Waals surface area contributed by atoms with Crippen LogP contribution in [-0.2, 0) is 0 Å². The average molecular weight is 480 g/mol. The van der Waals surface area contributed by atoms with E-state index in [0.717, 1.165) is 36.4 Å². The molecule has 7 heteroatoms. The molecular formula is C27H30ClN3O3. The van der Waals surface area contributed by atoms with E-state index in [1.807, 2.05) is 54.6 Å². The molecule has 0 spiro atoms. The summed E-state index contributed by atoms with van der Waals surface area (Å²) >= 11 is 6.00. The number of ether oxygens (including phenoxy) is 2. The number of benzene rings is 3. The molecule has 1 fully saturated rings. The number of halogens is 1. The fourth-order valence-corrected chi connectivity index (χ4v) is 4.25. The SMILES string of the molecule is CNc1cc(-c2ccc(Cl)cc2)ccc1C(=O)Nc1ccc(OCCN2CCCC2)c(OC)c1. The normalized spacial score (nSPS) is 13.5. The van der Waals surface area contributed by atoms with Crippen molar-refractivity contribution in [3.8, 4) is 22.6 Å². The summed E-state index contributed by atoms with van der Waals surface area (Å²) in [5.74, 6) is 1.05. The largest absolute Gasteiger partial charge is 0.493 e. The van der Waals surface area contributed by atoms with Gasteiger partial charge in [-0.3, -0.25) is 9.69 Å². The van der Waals surface area contributed by atoms with E-state index in [4.69, 9.17) is 21.1 Å². The molecule has 3 aromatic carbocycles. The Morgan fingerprint density at radius 2 is 1.71 bits per heavy atom. The number of anilines is 2. The van der Waals surface area contributed by atoms with Gasteiger partial charge in [-0.15, -0.1) is 0 Å². The van der Waals surface area contributed by atoms with Gasteiger partial charge in [-0.1, -0.05) is 29.8 Å². The Bertz CT molecular complexity index is 1130. The van der Waals surface area contributed by atoms with Gasteiger partial charge in [0, 0.05) is 36.1 Å². The smallest absolute Gasteiger partial charge is 0.257 e. The summed E-state index contributed by atoms with van der Waals surface area (Å²) in [5, 5.41) is 6.78. The molecule has 0 atom stereocenters. The molecule has 1 amide bonds. The molecule has 178 valence electrons. The van der Waals surface area contributed by atoms with Gasteiger partial charge in [0.05, 0.1) is 12.7 Å².